The summed E-state index contributed by atoms with van der Waals surface area (Å²) in [4.78, 5) is 14.9. The van der Waals surface area contributed by atoms with Crippen LogP contribution in [-0.2, 0) is 0 Å². The predicted molar refractivity (Wildman–Crippen MR) is 101 cm³/mol. The molecule has 1 aliphatic heterocycles. The van der Waals surface area contributed by atoms with Crippen LogP contribution in [0.2, 0.25) is 0 Å². The van der Waals surface area contributed by atoms with Gasteiger partial charge in [-0.25, -0.2) is 0 Å². The number of carbonyl (C=O) groups excluding carboxylic acids is 1. The number of nitrogens with zero attached hydrogens (tertiary/aromatic N) is 2. The molecule has 0 aliphatic carbocycles. The van der Waals surface area contributed by atoms with Gasteiger partial charge in [-0.1, -0.05) is 41.9 Å². The van der Waals surface area contributed by atoms with Gasteiger partial charge in [0.05, 0.1) is 12.3 Å². The van der Waals surface area contributed by atoms with Crippen molar-refractivity contribution in [3.05, 3.63) is 66.2 Å². The van der Waals surface area contributed by atoms with Crippen LogP contribution >= 0.6 is 0 Å². The quantitative estimate of drug-likeness (QED) is 0.717. The molecule has 1 amide bonds. The van der Waals surface area contributed by atoms with E-state index in [9.17, 15) is 4.79 Å². The molecule has 0 bridgehead atoms. The number of furan rings is 1. The van der Waals surface area contributed by atoms with Crippen LogP contribution in [-0.4, -0.2) is 35.6 Å². The van der Waals surface area contributed by atoms with E-state index in [0.29, 0.717) is 12.3 Å². The zero-order valence-corrected chi connectivity index (χ0v) is 15.1. The third-order valence-electron chi connectivity index (χ3n) is 4.96. The zero-order chi connectivity index (χ0) is 18.5. The number of likely N-dealkylation sites (tertiary alicyclic amines) is 1. The highest BCUT2D eigenvalue weighted by atomic mass is 16.5. The Balaban J connectivity index is 1.43. The average Bonchev–Trinajstić information content (AvgIpc) is 3.42. The van der Waals surface area contributed by atoms with Crippen LogP contribution in [0.25, 0.3) is 11.3 Å². The van der Waals surface area contributed by atoms with Crippen LogP contribution in [0.3, 0.4) is 0 Å². The van der Waals surface area contributed by atoms with Gasteiger partial charge in [-0.15, -0.1) is 0 Å². The van der Waals surface area contributed by atoms with E-state index in [0.717, 1.165) is 24.4 Å². The second kappa shape index (κ2) is 8.22. The summed E-state index contributed by atoms with van der Waals surface area (Å²) in [5.74, 6) is 1.22. The van der Waals surface area contributed by atoms with Crippen LogP contribution < -0.4 is 5.32 Å². The lowest BCUT2D eigenvalue weighted by atomic mass is 10.1. The van der Waals surface area contributed by atoms with Gasteiger partial charge < -0.3 is 14.3 Å². The molecule has 1 aliphatic rings. The molecule has 27 heavy (non-hydrogen) atoms. The average molecular weight is 365 g/mol. The van der Waals surface area contributed by atoms with Crippen LogP contribution in [0.1, 0.15) is 41.6 Å². The van der Waals surface area contributed by atoms with Gasteiger partial charge in [0.1, 0.15) is 5.76 Å². The minimum atomic E-state index is -0.241. The summed E-state index contributed by atoms with van der Waals surface area (Å²) in [6.07, 6.45) is 5.29. The van der Waals surface area contributed by atoms with Gasteiger partial charge in [-0.2, -0.15) is 0 Å². The fourth-order valence-corrected chi connectivity index (χ4v) is 3.52. The minimum Gasteiger partial charge on any atom is -0.468 e. The predicted octanol–water partition coefficient (Wildman–Crippen LogP) is 3.89. The Morgan fingerprint density at radius 1 is 1.11 bits per heavy atom. The Bertz CT molecular complexity index is 852. The maximum Gasteiger partial charge on any atom is 0.273 e. The number of carbonyl (C=O) groups is 1. The van der Waals surface area contributed by atoms with Gasteiger partial charge in [0, 0.05) is 18.2 Å². The lowest BCUT2D eigenvalue weighted by molar-refractivity contribution is 0.0905. The number of benzene rings is 1. The lowest BCUT2D eigenvalue weighted by Crippen LogP contribution is -2.40. The van der Waals surface area contributed by atoms with E-state index in [4.69, 9.17) is 8.94 Å². The van der Waals surface area contributed by atoms with Gasteiger partial charge >= 0.3 is 0 Å². The molecule has 1 atom stereocenters. The first-order valence-electron chi connectivity index (χ1n) is 9.39. The summed E-state index contributed by atoms with van der Waals surface area (Å²) in [5.41, 5.74) is 1.18. The van der Waals surface area contributed by atoms with Crippen molar-refractivity contribution in [1.29, 1.82) is 0 Å². The molecule has 4 rings (SSSR count). The molecule has 6 heteroatoms. The SMILES string of the molecule is O=C(NC[C@H](c1ccco1)N1CCCCC1)c1cc(-c2ccccc2)on1. The summed E-state index contributed by atoms with van der Waals surface area (Å²) in [6, 6.07) is 15.2. The maximum absolute atomic E-state index is 12.6. The normalized spacial score (nSPS) is 16.1. The first-order valence-corrected chi connectivity index (χ1v) is 9.39. The number of aromatic nitrogens is 1. The van der Waals surface area contributed by atoms with Crippen molar-refractivity contribution in [2.45, 2.75) is 25.3 Å². The molecule has 0 unspecified atom stereocenters. The van der Waals surface area contributed by atoms with Crippen LogP contribution in [0, 0.1) is 0 Å². The van der Waals surface area contributed by atoms with E-state index in [1.165, 1.54) is 19.3 Å². The number of piperidine rings is 1. The van der Waals surface area contributed by atoms with Crippen molar-refractivity contribution in [3.8, 4) is 11.3 Å². The largest absolute Gasteiger partial charge is 0.468 e. The highest BCUT2D eigenvalue weighted by molar-refractivity contribution is 5.93. The third kappa shape index (κ3) is 4.11. The summed E-state index contributed by atoms with van der Waals surface area (Å²) in [5, 5.41) is 6.91. The van der Waals surface area contributed by atoms with Crippen molar-refractivity contribution < 1.29 is 13.7 Å². The summed E-state index contributed by atoms with van der Waals surface area (Å²) in [6.45, 7) is 2.51. The number of rotatable bonds is 6. The summed E-state index contributed by atoms with van der Waals surface area (Å²) < 4.78 is 10.9. The van der Waals surface area contributed by atoms with Crippen LogP contribution in [0.4, 0.5) is 0 Å². The molecule has 1 saturated heterocycles. The second-order valence-corrected chi connectivity index (χ2v) is 6.78. The van der Waals surface area contributed by atoms with E-state index in [-0.39, 0.29) is 17.6 Å². The van der Waals surface area contributed by atoms with Gasteiger partial charge in [-0.3, -0.25) is 9.69 Å². The molecule has 0 saturated carbocycles. The van der Waals surface area contributed by atoms with E-state index in [2.05, 4.69) is 15.4 Å². The van der Waals surface area contributed by atoms with Crippen LogP contribution in [0.5, 0.6) is 0 Å². The second-order valence-electron chi connectivity index (χ2n) is 6.78. The molecule has 0 radical (unpaired) electrons. The number of hydrogen-bond donors (Lipinski definition) is 1. The number of amides is 1. The maximum atomic E-state index is 12.6. The Kier molecular flexibility index (Phi) is 5.34. The van der Waals surface area contributed by atoms with Gasteiger partial charge in [0.15, 0.2) is 11.5 Å². The minimum absolute atomic E-state index is 0.0322. The molecule has 140 valence electrons. The smallest absolute Gasteiger partial charge is 0.273 e. The molecular weight excluding hydrogens is 342 g/mol. The van der Waals surface area contributed by atoms with E-state index < -0.39 is 0 Å². The summed E-state index contributed by atoms with van der Waals surface area (Å²) >= 11 is 0. The fourth-order valence-electron chi connectivity index (χ4n) is 3.52. The number of nitrogens with one attached hydrogen (secondary N) is 1. The fraction of sp³-hybridized carbons (Fsp3) is 0.333. The van der Waals surface area contributed by atoms with Crippen molar-refractivity contribution in [1.82, 2.24) is 15.4 Å². The van der Waals surface area contributed by atoms with Crippen molar-refractivity contribution in [2.24, 2.45) is 0 Å². The van der Waals surface area contributed by atoms with E-state index in [1.54, 1.807) is 12.3 Å². The van der Waals surface area contributed by atoms with Crippen molar-refractivity contribution >= 4 is 5.91 Å². The Morgan fingerprint density at radius 2 is 1.93 bits per heavy atom. The van der Waals surface area contributed by atoms with E-state index >= 15 is 0 Å². The monoisotopic (exact) mass is 365 g/mol. The van der Waals surface area contributed by atoms with Gasteiger partial charge in [0.2, 0.25) is 0 Å². The van der Waals surface area contributed by atoms with Gasteiger partial charge in [0.25, 0.3) is 5.91 Å². The molecular formula is C21H23N3O3. The van der Waals surface area contributed by atoms with Crippen LogP contribution in [0.15, 0.2) is 63.7 Å². The Hall–Kier alpha value is -2.86. The zero-order valence-electron chi connectivity index (χ0n) is 15.1. The standard InChI is InChI=1S/C21H23N3O3/c25-21(17-14-20(27-23-17)16-8-3-1-4-9-16)22-15-18(19-10-7-13-26-19)24-11-5-2-6-12-24/h1,3-4,7-10,13-14,18H,2,5-6,11-12,15H2,(H,22,25)/t18-/m1/s1. The highest BCUT2D eigenvalue weighted by Crippen LogP contribution is 2.25. The topological polar surface area (TPSA) is 71.5 Å². The molecule has 0 spiro atoms. The first kappa shape index (κ1) is 17.5. The number of hydrogen-bond acceptors (Lipinski definition) is 5. The molecule has 3 aromatic rings. The van der Waals surface area contributed by atoms with E-state index in [1.807, 2.05) is 42.5 Å². The molecule has 1 N–H and O–H groups in total. The Labute approximate surface area is 158 Å². The van der Waals surface area contributed by atoms with Crippen molar-refractivity contribution in [3.63, 3.8) is 0 Å². The first-order chi connectivity index (χ1) is 13.3. The third-order valence-corrected chi connectivity index (χ3v) is 4.96. The molecule has 1 fully saturated rings. The molecule has 2 aromatic heterocycles. The van der Waals surface area contributed by atoms with Crippen molar-refractivity contribution in [2.75, 3.05) is 19.6 Å². The Morgan fingerprint density at radius 3 is 2.67 bits per heavy atom. The molecule has 6 nitrogen and oxygen atoms in total. The highest BCUT2D eigenvalue weighted by Gasteiger charge is 2.25. The van der Waals surface area contributed by atoms with Gasteiger partial charge in [-0.05, 0) is 38.1 Å². The lowest BCUT2D eigenvalue weighted by Gasteiger charge is -2.33. The molecule has 3 heterocycles. The summed E-state index contributed by atoms with van der Waals surface area (Å²) in [7, 11) is 0. The molecule has 1 aromatic carbocycles.